The van der Waals surface area contributed by atoms with Crippen molar-refractivity contribution in [3.8, 4) is 0 Å². The van der Waals surface area contributed by atoms with Gasteiger partial charge >= 0.3 is 0 Å². The van der Waals surface area contributed by atoms with Crippen LogP contribution >= 0.6 is 11.6 Å². The quantitative estimate of drug-likeness (QED) is 0.874. The van der Waals surface area contributed by atoms with E-state index in [4.69, 9.17) is 16.7 Å². The van der Waals surface area contributed by atoms with E-state index in [-0.39, 0.29) is 19.1 Å². The van der Waals surface area contributed by atoms with Crippen LogP contribution in [-0.2, 0) is 11.4 Å². The van der Waals surface area contributed by atoms with Gasteiger partial charge in [0.05, 0.1) is 23.9 Å². The number of hydrogen-bond donors (Lipinski definition) is 2. The Balaban J connectivity index is 1.89. The lowest BCUT2D eigenvalue weighted by Gasteiger charge is -2.33. The molecule has 0 unspecified atom stereocenters. The highest BCUT2D eigenvalue weighted by Crippen LogP contribution is 2.27. The molecule has 0 aliphatic heterocycles. The number of carbonyl (C=O) groups is 1. The number of halogens is 1. The van der Waals surface area contributed by atoms with Gasteiger partial charge in [-0.1, -0.05) is 24.6 Å². The number of benzene rings is 1. The summed E-state index contributed by atoms with van der Waals surface area (Å²) in [6.07, 6.45) is 4.56. The number of anilines is 1. The SMILES string of the molecule is CC1CCC(N(C)C(=O)CNc2cc(CO)ccc2Cl)CC1. The molecule has 1 aromatic rings. The third kappa shape index (κ3) is 4.37. The number of rotatable bonds is 5. The van der Waals surface area contributed by atoms with Gasteiger partial charge in [-0.05, 0) is 49.3 Å². The van der Waals surface area contributed by atoms with Gasteiger partial charge in [0.25, 0.3) is 0 Å². The van der Waals surface area contributed by atoms with Crippen LogP contribution in [0, 0.1) is 5.92 Å². The highest BCUT2D eigenvalue weighted by atomic mass is 35.5. The summed E-state index contributed by atoms with van der Waals surface area (Å²) in [7, 11) is 1.89. The van der Waals surface area contributed by atoms with Gasteiger partial charge in [0, 0.05) is 13.1 Å². The van der Waals surface area contributed by atoms with E-state index in [2.05, 4.69) is 12.2 Å². The molecule has 0 atom stereocenters. The van der Waals surface area contributed by atoms with Crippen LogP contribution < -0.4 is 5.32 Å². The molecule has 2 N–H and O–H groups in total. The minimum absolute atomic E-state index is 0.0417. The smallest absolute Gasteiger partial charge is 0.241 e. The Morgan fingerprint density at radius 3 is 2.68 bits per heavy atom. The maximum Gasteiger partial charge on any atom is 0.241 e. The number of aliphatic hydroxyl groups is 1. The van der Waals surface area contributed by atoms with E-state index in [1.807, 2.05) is 11.9 Å². The minimum atomic E-state index is -0.0417. The number of carbonyl (C=O) groups excluding carboxylic acids is 1. The summed E-state index contributed by atoms with van der Waals surface area (Å²) >= 11 is 6.11. The van der Waals surface area contributed by atoms with Crippen LogP contribution in [0.4, 0.5) is 5.69 Å². The first kappa shape index (κ1) is 17.1. The lowest BCUT2D eigenvalue weighted by Crippen LogP contribution is -2.42. The van der Waals surface area contributed by atoms with Crippen LogP contribution in [0.5, 0.6) is 0 Å². The predicted molar refractivity (Wildman–Crippen MR) is 90.1 cm³/mol. The Morgan fingerprint density at radius 1 is 1.36 bits per heavy atom. The van der Waals surface area contributed by atoms with Gasteiger partial charge in [-0.15, -0.1) is 0 Å². The monoisotopic (exact) mass is 324 g/mol. The predicted octanol–water partition coefficient (Wildman–Crippen LogP) is 3.28. The maximum absolute atomic E-state index is 12.3. The summed E-state index contributed by atoms with van der Waals surface area (Å²) in [6.45, 7) is 2.45. The van der Waals surface area contributed by atoms with E-state index in [1.54, 1.807) is 18.2 Å². The molecule has 0 saturated heterocycles. The summed E-state index contributed by atoms with van der Waals surface area (Å²) in [5.74, 6) is 0.850. The maximum atomic E-state index is 12.3. The van der Waals surface area contributed by atoms with Crippen molar-refractivity contribution >= 4 is 23.2 Å². The van der Waals surface area contributed by atoms with Crippen LogP contribution in [0.15, 0.2) is 18.2 Å². The van der Waals surface area contributed by atoms with Crippen LogP contribution in [0.2, 0.25) is 5.02 Å². The summed E-state index contributed by atoms with van der Waals surface area (Å²) in [5, 5.41) is 12.8. The molecule has 122 valence electrons. The number of aliphatic hydroxyl groups excluding tert-OH is 1. The van der Waals surface area contributed by atoms with Crippen molar-refractivity contribution in [2.24, 2.45) is 5.92 Å². The molecule has 1 saturated carbocycles. The standard InChI is InChI=1S/C17H25ClN2O2/c1-12-3-6-14(7-4-12)20(2)17(22)10-19-16-9-13(11-21)5-8-15(16)18/h5,8-9,12,14,19,21H,3-4,6-7,10-11H2,1-2H3. The Bertz CT molecular complexity index is 513. The molecule has 0 radical (unpaired) electrons. The van der Waals surface area contributed by atoms with Crippen molar-refractivity contribution in [1.82, 2.24) is 4.90 Å². The van der Waals surface area contributed by atoms with Gasteiger partial charge in [-0.25, -0.2) is 0 Å². The average molecular weight is 325 g/mol. The third-order valence-corrected chi connectivity index (χ3v) is 4.90. The van der Waals surface area contributed by atoms with Gasteiger partial charge in [0.1, 0.15) is 0 Å². The lowest BCUT2D eigenvalue weighted by atomic mass is 9.87. The second kappa shape index (κ2) is 7.84. The Morgan fingerprint density at radius 2 is 2.05 bits per heavy atom. The van der Waals surface area contributed by atoms with Gasteiger partial charge in [-0.2, -0.15) is 0 Å². The molecule has 0 heterocycles. The summed E-state index contributed by atoms with van der Waals surface area (Å²) in [4.78, 5) is 14.2. The summed E-state index contributed by atoms with van der Waals surface area (Å²) in [6, 6.07) is 5.62. The molecule has 1 fully saturated rings. The Hall–Kier alpha value is -1.26. The van der Waals surface area contributed by atoms with Crippen molar-refractivity contribution in [3.63, 3.8) is 0 Å². The van der Waals surface area contributed by atoms with Crippen molar-refractivity contribution in [2.75, 3.05) is 18.9 Å². The van der Waals surface area contributed by atoms with E-state index in [1.165, 1.54) is 12.8 Å². The zero-order valence-electron chi connectivity index (χ0n) is 13.3. The number of nitrogens with zero attached hydrogens (tertiary/aromatic N) is 1. The molecule has 1 amide bonds. The molecule has 1 aliphatic carbocycles. The second-order valence-corrected chi connectivity index (χ2v) is 6.65. The van der Waals surface area contributed by atoms with Gasteiger partial charge in [0.15, 0.2) is 0 Å². The third-order valence-electron chi connectivity index (χ3n) is 4.57. The van der Waals surface area contributed by atoms with Crippen LogP contribution in [0.1, 0.15) is 38.2 Å². The van der Waals surface area contributed by atoms with E-state index >= 15 is 0 Å². The average Bonchev–Trinajstić information content (AvgIpc) is 2.54. The number of likely N-dealkylation sites (N-methyl/N-ethyl adjacent to an activating group) is 1. The van der Waals surface area contributed by atoms with Crippen molar-refractivity contribution < 1.29 is 9.90 Å². The highest BCUT2D eigenvalue weighted by molar-refractivity contribution is 6.33. The fraction of sp³-hybridized carbons (Fsp3) is 0.588. The molecule has 0 bridgehead atoms. The Kier molecular flexibility index (Phi) is 6.09. The largest absolute Gasteiger partial charge is 0.392 e. The number of amides is 1. The fourth-order valence-corrected chi connectivity index (χ4v) is 3.12. The zero-order valence-corrected chi connectivity index (χ0v) is 14.1. The molecule has 4 nitrogen and oxygen atoms in total. The number of hydrogen-bond acceptors (Lipinski definition) is 3. The van der Waals surface area contributed by atoms with Crippen LogP contribution in [0.25, 0.3) is 0 Å². The first-order valence-electron chi connectivity index (χ1n) is 7.90. The molecule has 0 spiro atoms. The number of nitrogens with one attached hydrogen (secondary N) is 1. The van der Waals surface area contributed by atoms with E-state index in [0.29, 0.717) is 16.8 Å². The molecule has 1 aromatic carbocycles. The molecule has 1 aliphatic rings. The lowest BCUT2D eigenvalue weighted by molar-refractivity contribution is -0.130. The Labute approximate surface area is 137 Å². The molecule has 2 rings (SSSR count). The first-order valence-corrected chi connectivity index (χ1v) is 8.28. The normalized spacial score (nSPS) is 21.5. The zero-order chi connectivity index (χ0) is 16.1. The van der Waals surface area contributed by atoms with E-state index < -0.39 is 0 Å². The van der Waals surface area contributed by atoms with Crippen molar-refractivity contribution in [3.05, 3.63) is 28.8 Å². The fourth-order valence-electron chi connectivity index (χ4n) is 2.94. The van der Waals surface area contributed by atoms with Crippen LogP contribution in [0.3, 0.4) is 0 Å². The van der Waals surface area contributed by atoms with Crippen molar-refractivity contribution in [1.29, 1.82) is 0 Å². The van der Waals surface area contributed by atoms with Crippen LogP contribution in [-0.4, -0.2) is 35.5 Å². The van der Waals surface area contributed by atoms with Gasteiger partial charge < -0.3 is 15.3 Å². The molecule has 0 aromatic heterocycles. The van der Waals surface area contributed by atoms with E-state index in [0.717, 1.165) is 24.3 Å². The molecular weight excluding hydrogens is 300 g/mol. The van der Waals surface area contributed by atoms with Gasteiger partial charge in [-0.3, -0.25) is 4.79 Å². The highest BCUT2D eigenvalue weighted by Gasteiger charge is 2.24. The summed E-state index contributed by atoms with van der Waals surface area (Å²) < 4.78 is 0. The molecule has 22 heavy (non-hydrogen) atoms. The summed E-state index contributed by atoms with van der Waals surface area (Å²) in [5.41, 5.74) is 1.46. The van der Waals surface area contributed by atoms with Gasteiger partial charge in [0.2, 0.25) is 5.91 Å². The van der Waals surface area contributed by atoms with Crippen molar-refractivity contribution in [2.45, 2.75) is 45.3 Å². The molecular formula is C17H25ClN2O2. The minimum Gasteiger partial charge on any atom is -0.392 e. The second-order valence-electron chi connectivity index (χ2n) is 6.24. The topological polar surface area (TPSA) is 52.6 Å². The van der Waals surface area contributed by atoms with E-state index in [9.17, 15) is 4.79 Å². The molecule has 5 heteroatoms. The first-order chi connectivity index (χ1) is 10.5.